The second-order valence-electron chi connectivity index (χ2n) is 5.10. The standard InChI is InChI=1S/C14H18F2N2O/c1-10(8-11-2-4-12(15)5-3-11)18-13(19)14(16)6-7-17-9-14/h2-5,10,17H,6-9H2,1H3,(H,18,19). The molecular weight excluding hydrogens is 250 g/mol. The molecule has 1 saturated heterocycles. The van der Waals surface area contributed by atoms with Gasteiger partial charge in [-0.1, -0.05) is 12.1 Å². The van der Waals surface area contributed by atoms with Crippen molar-refractivity contribution < 1.29 is 13.6 Å². The van der Waals surface area contributed by atoms with Crippen LogP contribution >= 0.6 is 0 Å². The molecule has 1 amide bonds. The van der Waals surface area contributed by atoms with E-state index in [1.807, 2.05) is 6.92 Å². The van der Waals surface area contributed by atoms with Crippen LogP contribution in [0.15, 0.2) is 24.3 Å². The van der Waals surface area contributed by atoms with Crippen molar-refractivity contribution in [2.75, 3.05) is 13.1 Å². The fraction of sp³-hybridized carbons (Fsp3) is 0.500. The van der Waals surface area contributed by atoms with Crippen LogP contribution in [0, 0.1) is 5.82 Å². The van der Waals surface area contributed by atoms with Gasteiger partial charge in [-0.3, -0.25) is 4.79 Å². The molecule has 104 valence electrons. The normalized spacial score (nSPS) is 24.2. The van der Waals surface area contributed by atoms with Gasteiger partial charge in [-0.05, 0) is 37.6 Å². The molecule has 0 spiro atoms. The first-order chi connectivity index (χ1) is 8.99. The SMILES string of the molecule is CC(Cc1ccc(F)cc1)NC(=O)C1(F)CCNC1. The van der Waals surface area contributed by atoms with Gasteiger partial charge in [0.25, 0.3) is 5.91 Å². The van der Waals surface area contributed by atoms with E-state index in [9.17, 15) is 13.6 Å². The number of nitrogens with one attached hydrogen (secondary N) is 2. The van der Waals surface area contributed by atoms with E-state index in [2.05, 4.69) is 10.6 Å². The average molecular weight is 268 g/mol. The first-order valence-electron chi connectivity index (χ1n) is 6.45. The van der Waals surface area contributed by atoms with Gasteiger partial charge >= 0.3 is 0 Å². The maximum Gasteiger partial charge on any atom is 0.259 e. The molecule has 0 aromatic heterocycles. The molecule has 1 aliphatic heterocycles. The zero-order chi connectivity index (χ0) is 13.9. The van der Waals surface area contributed by atoms with E-state index in [0.717, 1.165) is 5.56 Å². The maximum atomic E-state index is 14.1. The third-order valence-corrected chi connectivity index (χ3v) is 3.34. The summed E-state index contributed by atoms with van der Waals surface area (Å²) in [7, 11) is 0. The van der Waals surface area contributed by atoms with E-state index in [-0.39, 0.29) is 24.8 Å². The van der Waals surface area contributed by atoms with Crippen molar-refractivity contribution in [3.05, 3.63) is 35.6 Å². The largest absolute Gasteiger partial charge is 0.350 e. The Morgan fingerprint density at radius 1 is 1.47 bits per heavy atom. The van der Waals surface area contributed by atoms with E-state index in [1.165, 1.54) is 12.1 Å². The third-order valence-electron chi connectivity index (χ3n) is 3.34. The summed E-state index contributed by atoms with van der Waals surface area (Å²) >= 11 is 0. The minimum Gasteiger partial charge on any atom is -0.350 e. The molecule has 0 aliphatic carbocycles. The average Bonchev–Trinajstić information content (AvgIpc) is 2.80. The van der Waals surface area contributed by atoms with Crippen LogP contribution < -0.4 is 10.6 Å². The summed E-state index contributed by atoms with van der Waals surface area (Å²) in [6, 6.07) is 5.90. The molecular formula is C14H18F2N2O. The molecule has 0 bridgehead atoms. The molecule has 2 atom stereocenters. The fourth-order valence-corrected chi connectivity index (χ4v) is 2.23. The van der Waals surface area contributed by atoms with Crippen molar-refractivity contribution in [1.29, 1.82) is 0 Å². The summed E-state index contributed by atoms with van der Waals surface area (Å²) in [5.41, 5.74) is -0.886. The van der Waals surface area contributed by atoms with E-state index in [1.54, 1.807) is 12.1 Å². The molecule has 2 rings (SSSR count). The minimum atomic E-state index is -1.79. The summed E-state index contributed by atoms with van der Waals surface area (Å²) in [6.07, 6.45) is 0.762. The molecule has 1 heterocycles. The highest BCUT2D eigenvalue weighted by Crippen LogP contribution is 2.20. The molecule has 2 unspecified atom stereocenters. The van der Waals surface area contributed by atoms with E-state index in [0.29, 0.717) is 13.0 Å². The highest BCUT2D eigenvalue weighted by atomic mass is 19.1. The molecule has 0 radical (unpaired) electrons. The van der Waals surface area contributed by atoms with E-state index < -0.39 is 11.6 Å². The molecule has 3 nitrogen and oxygen atoms in total. The number of benzene rings is 1. The highest BCUT2D eigenvalue weighted by Gasteiger charge is 2.41. The molecule has 19 heavy (non-hydrogen) atoms. The van der Waals surface area contributed by atoms with Gasteiger partial charge in [0, 0.05) is 19.0 Å². The number of halogens is 2. The number of hydrogen-bond donors (Lipinski definition) is 2. The molecule has 0 saturated carbocycles. The number of carbonyl (C=O) groups excluding carboxylic acids is 1. The Labute approximate surface area is 111 Å². The van der Waals surface area contributed by atoms with Crippen molar-refractivity contribution in [2.24, 2.45) is 0 Å². The molecule has 1 aromatic rings. The Morgan fingerprint density at radius 3 is 2.74 bits per heavy atom. The highest BCUT2D eigenvalue weighted by molar-refractivity contribution is 5.86. The Hall–Kier alpha value is -1.49. The van der Waals surface area contributed by atoms with Crippen molar-refractivity contribution in [3.8, 4) is 0 Å². The van der Waals surface area contributed by atoms with Crippen LogP contribution in [0.2, 0.25) is 0 Å². The lowest BCUT2D eigenvalue weighted by Crippen LogP contribution is -2.48. The zero-order valence-corrected chi connectivity index (χ0v) is 10.9. The van der Waals surface area contributed by atoms with Crippen molar-refractivity contribution in [1.82, 2.24) is 10.6 Å². The van der Waals surface area contributed by atoms with E-state index >= 15 is 0 Å². The second-order valence-corrected chi connectivity index (χ2v) is 5.10. The lowest BCUT2D eigenvalue weighted by molar-refractivity contribution is -0.132. The zero-order valence-electron chi connectivity index (χ0n) is 10.9. The van der Waals surface area contributed by atoms with Crippen LogP contribution in [0.3, 0.4) is 0 Å². The monoisotopic (exact) mass is 268 g/mol. The van der Waals surface area contributed by atoms with Gasteiger partial charge in [0.2, 0.25) is 5.67 Å². The number of rotatable bonds is 4. The number of amides is 1. The van der Waals surface area contributed by atoms with Gasteiger partial charge in [0.1, 0.15) is 5.82 Å². The van der Waals surface area contributed by atoms with Crippen LogP contribution in [-0.2, 0) is 11.2 Å². The van der Waals surface area contributed by atoms with Crippen LogP contribution in [0.5, 0.6) is 0 Å². The molecule has 5 heteroatoms. The maximum absolute atomic E-state index is 14.1. The van der Waals surface area contributed by atoms with Gasteiger partial charge in [-0.2, -0.15) is 0 Å². The number of alkyl halides is 1. The lowest BCUT2D eigenvalue weighted by atomic mass is 10.0. The minimum absolute atomic E-state index is 0.0715. The molecule has 2 N–H and O–H groups in total. The molecule has 1 fully saturated rings. The Morgan fingerprint density at radius 2 is 2.16 bits per heavy atom. The van der Waals surface area contributed by atoms with E-state index in [4.69, 9.17) is 0 Å². The summed E-state index contributed by atoms with van der Waals surface area (Å²) < 4.78 is 26.9. The van der Waals surface area contributed by atoms with Gasteiger partial charge in [-0.15, -0.1) is 0 Å². The Bertz CT molecular complexity index is 441. The Balaban J connectivity index is 1.88. The third kappa shape index (κ3) is 3.50. The predicted octanol–water partition coefficient (Wildman–Crippen LogP) is 1.57. The summed E-state index contributed by atoms with van der Waals surface area (Å²) in [5, 5.41) is 5.52. The smallest absolute Gasteiger partial charge is 0.259 e. The summed E-state index contributed by atoms with van der Waals surface area (Å²) in [4.78, 5) is 11.8. The van der Waals surface area contributed by atoms with Crippen molar-refractivity contribution in [2.45, 2.75) is 31.5 Å². The topological polar surface area (TPSA) is 41.1 Å². The van der Waals surface area contributed by atoms with Gasteiger partial charge in [-0.25, -0.2) is 8.78 Å². The molecule has 1 aliphatic rings. The first-order valence-corrected chi connectivity index (χ1v) is 6.45. The molecule has 1 aromatic carbocycles. The number of carbonyl (C=O) groups is 1. The van der Waals surface area contributed by atoms with Crippen LogP contribution in [-0.4, -0.2) is 30.7 Å². The van der Waals surface area contributed by atoms with Crippen LogP contribution in [0.1, 0.15) is 18.9 Å². The summed E-state index contributed by atoms with van der Waals surface area (Å²) in [6.45, 7) is 2.41. The van der Waals surface area contributed by atoms with Crippen LogP contribution in [0.4, 0.5) is 8.78 Å². The quantitative estimate of drug-likeness (QED) is 0.870. The fourth-order valence-electron chi connectivity index (χ4n) is 2.23. The Kier molecular flexibility index (Phi) is 4.14. The van der Waals surface area contributed by atoms with Crippen molar-refractivity contribution in [3.63, 3.8) is 0 Å². The van der Waals surface area contributed by atoms with Crippen molar-refractivity contribution >= 4 is 5.91 Å². The lowest BCUT2D eigenvalue weighted by Gasteiger charge is -2.21. The van der Waals surface area contributed by atoms with Gasteiger partial charge in [0.15, 0.2) is 0 Å². The van der Waals surface area contributed by atoms with Crippen LogP contribution in [0.25, 0.3) is 0 Å². The second kappa shape index (κ2) is 5.65. The van der Waals surface area contributed by atoms with Gasteiger partial charge < -0.3 is 10.6 Å². The van der Waals surface area contributed by atoms with Gasteiger partial charge in [0.05, 0.1) is 0 Å². The number of hydrogen-bond acceptors (Lipinski definition) is 2. The predicted molar refractivity (Wildman–Crippen MR) is 69.0 cm³/mol. The summed E-state index contributed by atoms with van der Waals surface area (Å²) in [5.74, 6) is -0.854. The first kappa shape index (κ1) is 13.9.